The predicted octanol–water partition coefficient (Wildman–Crippen LogP) is 5.56. The predicted molar refractivity (Wildman–Crippen MR) is 119 cm³/mol. The molecule has 0 aliphatic rings. The zero-order valence-corrected chi connectivity index (χ0v) is 18.8. The van der Waals surface area contributed by atoms with E-state index in [1.807, 2.05) is 35.7 Å². The zero-order valence-electron chi connectivity index (χ0n) is 14.8. The molecule has 0 saturated carbocycles. The van der Waals surface area contributed by atoms with Crippen molar-refractivity contribution in [1.29, 1.82) is 0 Å². The van der Waals surface area contributed by atoms with Gasteiger partial charge in [0.25, 0.3) is 5.91 Å². The maximum Gasteiger partial charge on any atom is 0.266 e. The number of hydrogen-bond acceptors (Lipinski definition) is 4. The quantitative estimate of drug-likeness (QED) is 0.369. The number of amides is 1. The Kier molecular flexibility index (Phi) is 6.05. The highest BCUT2D eigenvalue weighted by Gasteiger charge is 2.15. The van der Waals surface area contributed by atoms with E-state index >= 15 is 0 Å². The van der Waals surface area contributed by atoms with Crippen LogP contribution in [0.1, 0.15) is 20.8 Å². The van der Waals surface area contributed by atoms with E-state index in [0.717, 1.165) is 11.1 Å². The van der Waals surface area contributed by atoms with Gasteiger partial charge in [-0.15, -0.1) is 11.3 Å². The van der Waals surface area contributed by atoms with E-state index in [4.69, 9.17) is 23.2 Å². The van der Waals surface area contributed by atoms with Crippen LogP contribution in [0.25, 0.3) is 0 Å². The number of rotatable bonds is 6. The van der Waals surface area contributed by atoms with Crippen LogP contribution in [0.4, 0.5) is 5.82 Å². The lowest BCUT2D eigenvalue weighted by Gasteiger charge is -2.04. The first kappa shape index (κ1) is 20.2. The smallest absolute Gasteiger partial charge is 0.266 e. The molecule has 0 radical (unpaired) electrons. The van der Waals surface area contributed by atoms with Crippen molar-refractivity contribution in [3.63, 3.8) is 0 Å². The van der Waals surface area contributed by atoms with Gasteiger partial charge in [-0.3, -0.25) is 14.2 Å². The molecule has 0 aliphatic heterocycles. The molecule has 1 aromatic carbocycles. The molecule has 0 saturated heterocycles. The van der Waals surface area contributed by atoms with E-state index in [1.165, 1.54) is 11.3 Å². The molecule has 1 amide bonds. The maximum absolute atomic E-state index is 12.6. The van der Waals surface area contributed by atoms with Crippen molar-refractivity contribution in [1.82, 2.24) is 19.6 Å². The maximum atomic E-state index is 12.6. The average Bonchev–Trinajstić information content (AvgIpc) is 3.39. The van der Waals surface area contributed by atoms with Crippen LogP contribution in [0.5, 0.6) is 0 Å². The number of nitrogens with zero attached hydrogens (tertiary/aromatic N) is 4. The molecule has 4 rings (SSSR count). The molecule has 0 aliphatic carbocycles. The highest BCUT2D eigenvalue weighted by molar-refractivity contribution is 9.10. The third kappa shape index (κ3) is 4.90. The number of nitrogens with one attached hydrogen (secondary N) is 1. The number of benzene rings is 1. The summed E-state index contributed by atoms with van der Waals surface area (Å²) in [4.78, 5) is 13.2. The van der Waals surface area contributed by atoms with Crippen molar-refractivity contribution < 1.29 is 4.79 Å². The van der Waals surface area contributed by atoms with Crippen LogP contribution >= 0.6 is 50.5 Å². The van der Waals surface area contributed by atoms with Crippen molar-refractivity contribution in [3.05, 3.63) is 84.8 Å². The SMILES string of the molecule is O=C(Nc1nn(Cc2ccccc2Cl)cc1Br)c1cc(Cn2cc(Cl)cn2)cs1. The van der Waals surface area contributed by atoms with Gasteiger partial charge in [0.1, 0.15) is 0 Å². The Labute approximate surface area is 189 Å². The Morgan fingerprint density at radius 3 is 2.76 bits per heavy atom. The van der Waals surface area contributed by atoms with Gasteiger partial charge in [0.15, 0.2) is 5.82 Å². The van der Waals surface area contributed by atoms with Gasteiger partial charge in [0, 0.05) is 17.4 Å². The molecule has 4 aromatic rings. The van der Waals surface area contributed by atoms with Crippen molar-refractivity contribution in [2.24, 2.45) is 0 Å². The third-order valence-electron chi connectivity index (χ3n) is 4.06. The Balaban J connectivity index is 1.43. The van der Waals surface area contributed by atoms with Gasteiger partial charge in [-0.1, -0.05) is 41.4 Å². The van der Waals surface area contributed by atoms with Crippen molar-refractivity contribution >= 4 is 62.2 Å². The summed E-state index contributed by atoms with van der Waals surface area (Å²) in [5, 5.41) is 14.6. The average molecular weight is 511 g/mol. The van der Waals surface area contributed by atoms with Crippen LogP contribution in [-0.2, 0) is 13.1 Å². The lowest BCUT2D eigenvalue weighted by atomic mass is 10.2. The molecule has 29 heavy (non-hydrogen) atoms. The molecule has 0 bridgehead atoms. The molecule has 0 atom stereocenters. The summed E-state index contributed by atoms with van der Waals surface area (Å²) < 4.78 is 4.14. The minimum absolute atomic E-state index is 0.219. The highest BCUT2D eigenvalue weighted by atomic mass is 79.9. The molecule has 0 unspecified atom stereocenters. The number of halogens is 3. The van der Waals surface area contributed by atoms with Crippen LogP contribution in [0.3, 0.4) is 0 Å². The second-order valence-corrected chi connectivity index (χ2v) is 8.85. The second-order valence-electron chi connectivity index (χ2n) is 6.24. The fourth-order valence-electron chi connectivity index (χ4n) is 2.72. The fourth-order valence-corrected chi connectivity index (χ4v) is 4.29. The molecule has 3 heterocycles. The van der Waals surface area contributed by atoms with Gasteiger partial charge in [-0.2, -0.15) is 10.2 Å². The summed E-state index contributed by atoms with van der Waals surface area (Å²) in [7, 11) is 0. The van der Waals surface area contributed by atoms with Gasteiger partial charge in [0.2, 0.25) is 0 Å². The summed E-state index contributed by atoms with van der Waals surface area (Å²) in [5.74, 6) is 0.235. The highest BCUT2D eigenvalue weighted by Crippen LogP contribution is 2.24. The first-order valence-corrected chi connectivity index (χ1v) is 10.9. The van der Waals surface area contributed by atoms with E-state index in [9.17, 15) is 4.79 Å². The number of thiophene rings is 1. The molecule has 0 fully saturated rings. The number of aromatic nitrogens is 4. The monoisotopic (exact) mass is 509 g/mol. The van der Waals surface area contributed by atoms with Crippen molar-refractivity contribution in [3.8, 4) is 0 Å². The normalized spacial score (nSPS) is 11.0. The van der Waals surface area contributed by atoms with Gasteiger partial charge in [-0.05, 0) is 44.6 Å². The van der Waals surface area contributed by atoms with Crippen molar-refractivity contribution in [2.45, 2.75) is 13.1 Å². The molecule has 3 aromatic heterocycles. The number of carbonyl (C=O) groups excluding carboxylic acids is 1. The van der Waals surface area contributed by atoms with Crippen LogP contribution in [0.2, 0.25) is 10.0 Å². The number of hydrogen-bond donors (Lipinski definition) is 1. The topological polar surface area (TPSA) is 64.7 Å². The molecule has 1 N–H and O–H groups in total. The van der Waals surface area contributed by atoms with Crippen LogP contribution < -0.4 is 5.32 Å². The minimum Gasteiger partial charge on any atom is -0.303 e. The number of anilines is 1. The molecule has 6 nitrogen and oxygen atoms in total. The van der Waals surface area contributed by atoms with E-state index < -0.39 is 0 Å². The Morgan fingerprint density at radius 2 is 2.00 bits per heavy atom. The van der Waals surface area contributed by atoms with Gasteiger partial charge in [0.05, 0.1) is 33.7 Å². The molecular formula is C19H14BrCl2N5OS. The lowest BCUT2D eigenvalue weighted by Crippen LogP contribution is -2.12. The molecular weight excluding hydrogens is 497 g/mol. The van der Waals surface area contributed by atoms with Crippen molar-refractivity contribution in [2.75, 3.05) is 5.32 Å². The summed E-state index contributed by atoms with van der Waals surface area (Å²) in [5.41, 5.74) is 1.92. The van der Waals surface area contributed by atoms with Crippen LogP contribution in [0, 0.1) is 0 Å². The largest absolute Gasteiger partial charge is 0.303 e. The summed E-state index contributed by atoms with van der Waals surface area (Å²) >= 11 is 16.9. The first-order chi connectivity index (χ1) is 14.0. The van der Waals surface area contributed by atoms with E-state index in [0.29, 0.717) is 38.3 Å². The van der Waals surface area contributed by atoms with Gasteiger partial charge in [-0.25, -0.2) is 0 Å². The van der Waals surface area contributed by atoms with E-state index in [-0.39, 0.29) is 5.91 Å². The Hall–Kier alpha value is -2.13. The first-order valence-electron chi connectivity index (χ1n) is 8.51. The molecule has 148 valence electrons. The lowest BCUT2D eigenvalue weighted by molar-refractivity contribution is 0.103. The molecule has 10 heteroatoms. The molecule has 0 spiro atoms. The fraction of sp³-hybridized carbons (Fsp3) is 0.105. The Morgan fingerprint density at radius 1 is 1.17 bits per heavy atom. The zero-order chi connectivity index (χ0) is 20.4. The summed E-state index contributed by atoms with van der Waals surface area (Å²) in [6.45, 7) is 1.05. The minimum atomic E-state index is -0.219. The van der Waals surface area contributed by atoms with E-state index in [2.05, 4.69) is 31.4 Å². The van der Waals surface area contributed by atoms with E-state index in [1.54, 1.807) is 28.0 Å². The number of carbonyl (C=O) groups is 1. The van der Waals surface area contributed by atoms with Crippen LogP contribution in [0.15, 0.2) is 58.8 Å². The van der Waals surface area contributed by atoms with Crippen LogP contribution in [-0.4, -0.2) is 25.5 Å². The summed E-state index contributed by atoms with van der Waals surface area (Å²) in [6, 6.07) is 9.42. The van der Waals surface area contributed by atoms with Gasteiger partial charge < -0.3 is 5.32 Å². The second kappa shape index (κ2) is 8.71. The summed E-state index contributed by atoms with van der Waals surface area (Å²) in [6.07, 6.45) is 5.12. The standard InChI is InChI=1S/C19H14BrCl2N5OS/c20-15-10-27(8-13-3-1-2-4-16(13)22)25-18(15)24-19(28)17-5-12(11-29-17)7-26-9-14(21)6-23-26/h1-6,9-11H,7-8H2,(H,24,25,28). The third-order valence-corrected chi connectivity index (χ3v) is 6.19. The van der Waals surface area contributed by atoms with Gasteiger partial charge >= 0.3 is 0 Å². The Bertz CT molecular complexity index is 1170.